The molecule has 1 N–H and O–H groups in total. The molecule has 0 saturated carbocycles. The summed E-state index contributed by atoms with van der Waals surface area (Å²) in [7, 11) is 2.84. The predicted octanol–water partition coefficient (Wildman–Crippen LogP) is 1.72. The molecule has 2 aromatic rings. The average molecular weight is 344 g/mol. The maximum atomic E-state index is 12.5. The summed E-state index contributed by atoms with van der Waals surface area (Å²) in [6, 6.07) is 9.24. The van der Waals surface area contributed by atoms with Gasteiger partial charge in [-0.1, -0.05) is 12.1 Å². The number of para-hydroxylation sites is 1. The summed E-state index contributed by atoms with van der Waals surface area (Å²) in [5.74, 6) is -1.06. The van der Waals surface area contributed by atoms with Crippen molar-refractivity contribution < 1.29 is 28.9 Å². The number of carbonyl (C=O) groups excluding carboxylic acids is 2. The van der Waals surface area contributed by atoms with Crippen LogP contribution in [0, 0.1) is 0 Å². The lowest BCUT2D eigenvalue weighted by Crippen LogP contribution is -2.25. The van der Waals surface area contributed by atoms with Crippen molar-refractivity contribution >= 4 is 17.6 Å². The monoisotopic (exact) mass is 344 g/mol. The van der Waals surface area contributed by atoms with Gasteiger partial charge in [-0.2, -0.15) is 0 Å². The molecule has 0 radical (unpaired) electrons. The molecule has 25 heavy (non-hydrogen) atoms. The van der Waals surface area contributed by atoms with Crippen LogP contribution in [0.3, 0.4) is 0 Å². The van der Waals surface area contributed by atoms with Gasteiger partial charge in [-0.25, -0.2) is 0 Å². The number of aromatic carboxylic acids is 1. The third kappa shape index (κ3) is 4.00. The highest BCUT2D eigenvalue weighted by Crippen LogP contribution is 2.34. The lowest BCUT2D eigenvalue weighted by Gasteiger charge is -2.17. The Morgan fingerprint density at radius 3 is 2.28 bits per heavy atom. The van der Waals surface area contributed by atoms with Crippen molar-refractivity contribution in [3.63, 3.8) is 0 Å². The number of carbonyl (C=O) groups is 2. The number of rotatable bonds is 7. The number of anilines is 1. The van der Waals surface area contributed by atoms with E-state index in [2.05, 4.69) is 5.32 Å². The number of methoxy groups -OCH3 is 2. The van der Waals surface area contributed by atoms with Crippen LogP contribution in [0.2, 0.25) is 0 Å². The van der Waals surface area contributed by atoms with Crippen molar-refractivity contribution in [2.75, 3.05) is 26.1 Å². The SMILES string of the molecule is CCOc1cc(NC(=O)c2ccccc2OC)c(C(=O)[O-])cc1OC. The summed E-state index contributed by atoms with van der Waals surface area (Å²) in [6.07, 6.45) is 0. The molecule has 0 unspecified atom stereocenters. The largest absolute Gasteiger partial charge is 0.545 e. The van der Waals surface area contributed by atoms with Crippen molar-refractivity contribution in [1.29, 1.82) is 0 Å². The minimum atomic E-state index is -1.45. The van der Waals surface area contributed by atoms with Crippen LogP contribution in [0.4, 0.5) is 5.69 Å². The zero-order valence-electron chi connectivity index (χ0n) is 14.1. The van der Waals surface area contributed by atoms with E-state index in [1.54, 1.807) is 31.2 Å². The van der Waals surface area contributed by atoms with Crippen molar-refractivity contribution in [2.45, 2.75) is 6.92 Å². The van der Waals surface area contributed by atoms with Crippen molar-refractivity contribution in [3.05, 3.63) is 47.5 Å². The van der Waals surface area contributed by atoms with Crippen molar-refractivity contribution in [1.82, 2.24) is 0 Å². The molecule has 0 aromatic heterocycles. The van der Waals surface area contributed by atoms with E-state index in [0.717, 1.165) is 0 Å². The van der Waals surface area contributed by atoms with E-state index in [4.69, 9.17) is 14.2 Å². The fourth-order valence-corrected chi connectivity index (χ4v) is 2.28. The number of ether oxygens (including phenoxy) is 3. The van der Waals surface area contributed by atoms with Gasteiger partial charge in [-0.3, -0.25) is 4.79 Å². The smallest absolute Gasteiger partial charge is 0.259 e. The van der Waals surface area contributed by atoms with Gasteiger partial charge in [0.15, 0.2) is 11.5 Å². The summed E-state index contributed by atoms with van der Waals surface area (Å²) in [4.78, 5) is 23.9. The van der Waals surface area contributed by atoms with Crippen LogP contribution in [-0.4, -0.2) is 32.7 Å². The normalized spacial score (nSPS) is 10.0. The van der Waals surface area contributed by atoms with Crippen molar-refractivity contribution in [2.24, 2.45) is 0 Å². The Labute approximate surface area is 145 Å². The quantitative estimate of drug-likeness (QED) is 0.821. The van der Waals surface area contributed by atoms with Crippen molar-refractivity contribution in [3.8, 4) is 17.2 Å². The van der Waals surface area contributed by atoms with E-state index in [1.165, 1.54) is 26.4 Å². The molecule has 0 atom stereocenters. The molecule has 0 aliphatic carbocycles. The van der Waals surface area contributed by atoms with Gasteiger partial charge in [0.25, 0.3) is 5.91 Å². The third-order valence-corrected chi connectivity index (χ3v) is 3.42. The number of carboxylic acids is 1. The second-order valence-electron chi connectivity index (χ2n) is 4.92. The summed E-state index contributed by atoms with van der Waals surface area (Å²) >= 11 is 0. The van der Waals surface area contributed by atoms with Gasteiger partial charge < -0.3 is 29.4 Å². The fourth-order valence-electron chi connectivity index (χ4n) is 2.28. The van der Waals surface area contributed by atoms with Gasteiger partial charge in [0.2, 0.25) is 0 Å². The second-order valence-corrected chi connectivity index (χ2v) is 4.92. The zero-order chi connectivity index (χ0) is 18.4. The first-order valence-corrected chi connectivity index (χ1v) is 7.52. The number of nitrogens with one attached hydrogen (secondary N) is 1. The molecular weight excluding hydrogens is 326 g/mol. The lowest BCUT2D eigenvalue weighted by atomic mass is 10.1. The molecule has 0 heterocycles. The minimum Gasteiger partial charge on any atom is -0.545 e. The van der Waals surface area contributed by atoms with Crippen LogP contribution >= 0.6 is 0 Å². The standard InChI is InChI=1S/C18H19NO6/c1-4-25-16-10-13(12(18(21)22)9-15(16)24-3)19-17(20)11-7-5-6-8-14(11)23-2/h5-10H,4H2,1-3H3,(H,19,20)(H,21,22)/p-1. The Hall–Kier alpha value is -3.22. The lowest BCUT2D eigenvalue weighted by molar-refractivity contribution is -0.254. The number of hydrogen-bond acceptors (Lipinski definition) is 6. The highest BCUT2D eigenvalue weighted by atomic mass is 16.5. The van der Waals surface area contributed by atoms with Crippen LogP contribution < -0.4 is 24.6 Å². The zero-order valence-corrected chi connectivity index (χ0v) is 14.1. The highest BCUT2D eigenvalue weighted by molar-refractivity contribution is 6.09. The summed E-state index contributed by atoms with van der Waals surface area (Å²) in [6.45, 7) is 2.13. The Morgan fingerprint density at radius 1 is 1.00 bits per heavy atom. The molecular formula is C18H18NO6-. The molecule has 0 fully saturated rings. The van der Waals surface area contributed by atoms with Gasteiger partial charge in [-0.15, -0.1) is 0 Å². The average Bonchev–Trinajstić information content (AvgIpc) is 2.61. The number of benzene rings is 2. The number of amides is 1. The van der Waals surface area contributed by atoms with E-state index < -0.39 is 11.9 Å². The van der Waals surface area contributed by atoms with Gasteiger partial charge in [-0.05, 0) is 25.1 Å². The first-order chi connectivity index (χ1) is 12.0. The van der Waals surface area contributed by atoms with Crippen LogP contribution in [0.1, 0.15) is 27.6 Å². The van der Waals surface area contributed by atoms with E-state index >= 15 is 0 Å². The first-order valence-electron chi connectivity index (χ1n) is 7.52. The van der Waals surface area contributed by atoms with Gasteiger partial charge in [0, 0.05) is 11.6 Å². The highest BCUT2D eigenvalue weighted by Gasteiger charge is 2.17. The molecule has 0 aliphatic rings. The molecule has 0 saturated heterocycles. The third-order valence-electron chi connectivity index (χ3n) is 3.42. The van der Waals surface area contributed by atoms with E-state index in [1.807, 2.05) is 0 Å². The van der Waals surface area contributed by atoms with Gasteiger partial charge >= 0.3 is 0 Å². The van der Waals surface area contributed by atoms with Crippen LogP contribution in [0.25, 0.3) is 0 Å². The Balaban J connectivity index is 2.44. The first kappa shape index (κ1) is 18.1. The molecule has 2 rings (SSSR count). The Morgan fingerprint density at radius 2 is 1.68 bits per heavy atom. The van der Waals surface area contributed by atoms with Crippen LogP contribution in [0.15, 0.2) is 36.4 Å². The number of hydrogen-bond donors (Lipinski definition) is 1. The molecule has 7 nitrogen and oxygen atoms in total. The van der Waals surface area contributed by atoms with Gasteiger partial charge in [0.05, 0.1) is 38.0 Å². The summed E-state index contributed by atoms with van der Waals surface area (Å²) < 4.78 is 15.7. The maximum Gasteiger partial charge on any atom is 0.259 e. The molecule has 132 valence electrons. The second kappa shape index (κ2) is 8.05. The predicted molar refractivity (Wildman–Crippen MR) is 89.4 cm³/mol. The summed E-state index contributed by atoms with van der Waals surface area (Å²) in [5, 5.41) is 14.0. The van der Waals surface area contributed by atoms with Crippen LogP contribution in [-0.2, 0) is 0 Å². The van der Waals surface area contributed by atoms with E-state index in [0.29, 0.717) is 18.1 Å². The number of carboxylic acid groups (broad SMARTS) is 1. The maximum absolute atomic E-state index is 12.5. The molecule has 0 aliphatic heterocycles. The Bertz CT molecular complexity index is 787. The topological polar surface area (TPSA) is 96.9 Å². The molecule has 2 aromatic carbocycles. The molecule has 0 bridgehead atoms. The molecule has 7 heteroatoms. The van der Waals surface area contributed by atoms with E-state index in [9.17, 15) is 14.7 Å². The molecule has 0 spiro atoms. The summed E-state index contributed by atoms with van der Waals surface area (Å²) in [5.41, 5.74) is 0.0896. The fraction of sp³-hybridized carbons (Fsp3) is 0.222. The van der Waals surface area contributed by atoms with Crippen LogP contribution in [0.5, 0.6) is 17.2 Å². The Kier molecular flexibility index (Phi) is 5.84. The van der Waals surface area contributed by atoms with Gasteiger partial charge in [0.1, 0.15) is 5.75 Å². The minimum absolute atomic E-state index is 0.0418. The molecule has 1 amide bonds. The van der Waals surface area contributed by atoms with E-state index in [-0.39, 0.29) is 22.6 Å².